The van der Waals surface area contributed by atoms with Crippen molar-refractivity contribution in [2.75, 3.05) is 7.11 Å². The van der Waals surface area contributed by atoms with E-state index in [-0.39, 0.29) is 11.2 Å². The van der Waals surface area contributed by atoms with Crippen LogP contribution in [0.5, 0.6) is 5.88 Å². The lowest BCUT2D eigenvalue weighted by molar-refractivity contribution is 0.00578. The first-order valence-electron chi connectivity index (χ1n) is 5.70. The lowest BCUT2D eigenvalue weighted by atomic mass is 9.81. The number of aryl methyl sites for hydroxylation is 1. The highest BCUT2D eigenvalue weighted by atomic mass is 16.7. The minimum atomic E-state index is -0.427. The molecule has 1 saturated heterocycles. The summed E-state index contributed by atoms with van der Waals surface area (Å²) in [7, 11) is 3.02. The molecule has 1 fully saturated rings. The Bertz CT molecular complexity index is 412. The van der Waals surface area contributed by atoms with Crippen LogP contribution in [0.3, 0.4) is 0 Å². The van der Waals surface area contributed by atoms with E-state index in [2.05, 4.69) is 5.10 Å². The molecule has 0 spiro atoms. The highest BCUT2D eigenvalue weighted by Crippen LogP contribution is 2.37. The second-order valence-corrected chi connectivity index (χ2v) is 5.32. The van der Waals surface area contributed by atoms with Crippen LogP contribution in [0.25, 0.3) is 0 Å². The van der Waals surface area contributed by atoms with Crippen LogP contribution in [-0.4, -0.2) is 35.2 Å². The van der Waals surface area contributed by atoms with E-state index in [0.29, 0.717) is 5.88 Å². The summed E-state index contributed by atoms with van der Waals surface area (Å²) in [6, 6.07) is 0. The molecule has 94 valence electrons. The maximum atomic E-state index is 5.95. The molecule has 0 saturated carbocycles. The molecule has 1 aromatic rings. The van der Waals surface area contributed by atoms with Crippen molar-refractivity contribution < 1.29 is 14.0 Å². The second-order valence-electron chi connectivity index (χ2n) is 5.32. The minimum absolute atomic E-state index is 0.349. The van der Waals surface area contributed by atoms with Crippen LogP contribution < -0.4 is 10.2 Å². The molecular weight excluding hydrogens is 219 g/mol. The highest BCUT2D eigenvalue weighted by molar-refractivity contribution is 6.63. The van der Waals surface area contributed by atoms with E-state index in [1.54, 1.807) is 18.0 Å². The van der Waals surface area contributed by atoms with Gasteiger partial charge in [0.1, 0.15) is 0 Å². The van der Waals surface area contributed by atoms with E-state index in [1.165, 1.54) is 0 Å². The predicted molar refractivity (Wildman–Crippen MR) is 65.5 cm³/mol. The Morgan fingerprint density at radius 3 is 2.24 bits per heavy atom. The van der Waals surface area contributed by atoms with Gasteiger partial charge < -0.3 is 14.0 Å². The van der Waals surface area contributed by atoms with E-state index in [0.717, 1.165) is 5.46 Å². The summed E-state index contributed by atoms with van der Waals surface area (Å²) in [5.41, 5.74) is 0.130. The third kappa shape index (κ3) is 1.85. The molecule has 17 heavy (non-hydrogen) atoms. The van der Waals surface area contributed by atoms with Gasteiger partial charge in [0.15, 0.2) is 0 Å². The molecule has 0 radical (unpaired) electrons. The molecule has 0 bridgehead atoms. The molecule has 5 nitrogen and oxygen atoms in total. The number of methoxy groups -OCH3 is 1. The average Bonchev–Trinajstić information content (AvgIpc) is 2.65. The minimum Gasteiger partial charge on any atom is -0.481 e. The van der Waals surface area contributed by atoms with Crippen LogP contribution in [0.2, 0.25) is 0 Å². The normalized spacial score (nSPS) is 21.9. The fourth-order valence-electron chi connectivity index (χ4n) is 1.82. The Kier molecular flexibility index (Phi) is 2.74. The summed E-state index contributed by atoms with van der Waals surface area (Å²) >= 11 is 0. The summed E-state index contributed by atoms with van der Waals surface area (Å²) in [5, 5.41) is 4.16. The smallest absolute Gasteiger partial charge is 0.481 e. The Morgan fingerprint density at radius 2 is 1.76 bits per heavy atom. The van der Waals surface area contributed by atoms with Gasteiger partial charge in [-0.1, -0.05) is 0 Å². The summed E-state index contributed by atoms with van der Waals surface area (Å²) in [6.45, 7) is 8.09. The van der Waals surface area contributed by atoms with Crippen LogP contribution in [0.1, 0.15) is 27.7 Å². The summed E-state index contributed by atoms with van der Waals surface area (Å²) in [4.78, 5) is 0. The molecule has 1 aliphatic rings. The fraction of sp³-hybridized carbons (Fsp3) is 0.727. The Labute approximate surface area is 102 Å². The third-order valence-electron chi connectivity index (χ3n) is 3.61. The SMILES string of the molecule is COc1c(B2OC(C)(C)C(C)(C)O2)cnn1C. The first-order chi connectivity index (χ1) is 7.78. The summed E-state index contributed by atoms with van der Waals surface area (Å²) in [6.07, 6.45) is 1.72. The molecule has 0 aliphatic carbocycles. The number of hydrogen-bond donors (Lipinski definition) is 0. The zero-order valence-corrected chi connectivity index (χ0v) is 11.3. The maximum absolute atomic E-state index is 5.95. The summed E-state index contributed by atoms with van der Waals surface area (Å²) < 4.78 is 18.9. The lowest BCUT2D eigenvalue weighted by Crippen LogP contribution is -2.41. The number of ether oxygens (including phenoxy) is 1. The molecule has 6 heteroatoms. The van der Waals surface area contributed by atoms with Crippen molar-refractivity contribution in [3.63, 3.8) is 0 Å². The molecule has 0 amide bonds. The van der Waals surface area contributed by atoms with Crippen molar-refractivity contribution in [2.45, 2.75) is 38.9 Å². The quantitative estimate of drug-likeness (QED) is 0.712. The van der Waals surface area contributed by atoms with Crippen LogP contribution in [0.4, 0.5) is 0 Å². The molecule has 0 atom stereocenters. The van der Waals surface area contributed by atoms with E-state index in [9.17, 15) is 0 Å². The van der Waals surface area contributed by atoms with Gasteiger partial charge in [-0.2, -0.15) is 5.10 Å². The monoisotopic (exact) mass is 238 g/mol. The molecule has 1 aliphatic heterocycles. The van der Waals surface area contributed by atoms with Crippen LogP contribution in [0.15, 0.2) is 6.20 Å². The average molecular weight is 238 g/mol. The van der Waals surface area contributed by atoms with Gasteiger partial charge in [-0.3, -0.25) is 0 Å². The van der Waals surface area contributed by atoms with Crippen molar-refractivity contribution >= 4 is 12.6 Å². The zero-order valence-electron chi connectivity index (χ0n) is 11.3. The predicted octanol–water partition coefficient (Wildman–Crippen LogP) is 0.728. The van der Waals surface area contributed by atoms with Gasteiger partial charge in [0.25, 0.3) is 0 Å². The van der Waals surface area contributed by atoms with E-state index in [1.807, 2.05) is 34.7 Å². The molecule has 2 rings (SSSR count). The molecule has 0 unspecified atom stereocenters. The van der Waals surface area contributed by atoms with Crippen molar-refractivity contribution in [3.05, 3.63) is 6.20 Å². The lowest BCUT2D eigenvalue weighted by Gasteiger charge is -2.32. The topological polar surface area (TPSA) is 45.5 Å². The van der Waals surface area contributed by atoms with Gasteiger partial charge in [-0.05, 0) is 27.7 Å². The van der Waals surface area contributed by atoms with Crippen LogP contribution in [0, 0.1) is 0 Å². The van der Waals surface area contributed by atoms with Crippen LogP contribution in [-0.2, 0) is 16.4 Å². The van der Waals surface area contributed by atoms with Gasteiger partial charge in [0, 0.05) is 7.05 Å². The highest BCUT2D eigenvalue weighted by Gasteiger charge is 2.53. The van der Waals surface area contributed by atoms with Crippen molar-refractivity contribution in [1.82, 2.24) is 9.78 Å². The number of nitrogens with zero attached hydrogens (tertiary/aromatic N) is 2. The molecule has 0 aromatic carbocycles. The first-order valence-corrected chi connectivity index (χ1v) is 5.70. The third-order valence-corrected chi connectivity index (χ3v) is 3.61. The largest absolute Gasteiger partial charge is 0.502 e. The van der Waals surface area contributed by atoms with Crippen molar-refractivity contribution in [2.24, 2.45) is 7.05 Å². The van der Waals surface area contributed by atoms with Gasteiger partial charge in [0.05, 0.1) is 30.0 Å². The molecular formula is C11H19BN2O3. The Balaban J connectivity index is 2.32. The van der Waals surface area contributed by atoms with Crippen LogP contribution >= 0.6 is 0 Å². The maximum Gasteiger partial charge on any atom is 0.502 e. The molecule has 2 heterocycles. The van der Waals surface area contributed by atoms with Gasteiger partial charge in [-0.25, -0.2) is 4.68 Å². The van der Waals surface area contributed by atoms with E-state index in [4.69, 9.17) is 14.0 Å². The van der Waals surface area contributed by atoms with E-state index >= 15 is 0 Å². The molecule has 1 aromatic heterocycles. The van der Waals surface area contributed by atoms with Crippen molar-refractivity contribution in [1.29, 1.82) is 0 Å². The van der Waals surface area contributed by atoms with Gasteiger partial charge >= 0.3 is 7.12 Å². The molecule has 0 N–H and O–H groups in total. The number of hydrogen-bond acceptors (Lipinski definition) is 4. The number of aromatic nitrogens is 2. The summed E-state index contributed by atoms with van der Waals surface area (Å²) in [5.74, 6) is 0.670. The van der Waals surface area contributed by atoms with Gasteiger partial charge in [-0.15, -0.1) is 0 Å². The van der Waals surface area contributed by atoms with Gasteiger partial charge in [0.2, 0.25) is 5.88 Å². The second kappa shape index (κ2) is 3.75. The first kappa shape index (κ1) is 12.5. The fourth-order valence-corrected chi connectivity index (χ4v) is 1.82. The number of rotatable bonds is 2. The van der Waals surface area contributed by atoms with Crippen molar-refractivity contribution in [3.8, 4) is 5.88 Å². The Morgan fingerprint density at radius 1 is 1.24 bits per heavy atom. The zero-order chi connectivity index (χ0) is 12.8. The Hall–Kier alpha value is -1.01. The van der Waals surface area contributed by atoms with E-state index < -0.39 is 7.12 Å². The standard InChI is InChI=1S/C11H19BN2O3/c1-10(2)11(3,4)17-12(16-10)8-7-13-14(5)9(8)15-6/h7H,1-6H3.